The number of aromatic nitrogens is 2. The number of ether oxygens (including phenoxy) is 1. The molecule has 6 nitrogen and oxygen atoms in total. The molecule has 26 heavy (non-hydrogen) atoms. The summed E-state index contributed by atoms with van der Waals surface area (Å²) < 4.78 is 11.4. The van der Waals surface area contributed by atoms with Gasteiger partial charge in [-0.15, -0.1) is 12.4 Å². The zero-order chi connectivity index (χ0) is 17.3. The highest BCUT2D eigenvalue weighted by atomic mass is 35.5. The highest BCUT2D eigenvalue weighted by molar-refractivity contribution is 5.85. The fraction of sp³-hybridized carbons (Fsp3) is 0.579. The largest absolute Gasteiger partial charge is 0.381 e. The number of aryl methyl sites for hydroxylation is 1. The quantitative estimate of drug-likeness (QED) is 0.885. The molecule has 2 aromatic rings. The van der Waals surface area contributed by atoms with E-state index >= 15 is 0 Å². The van der Waals surface area contributed by atoms with Gasteiger partial charge < -0.3 is 14.6 Å². The Morgan fingerprint density at radius 3 is 2.62 bits per heavy atom. The number of halogens is 1. The lowest BCUT2D eigenvalue weighted by atomic mass is 9.74. The number of piperazine rings is 1. The van der Waals surface area contributed by atoms with E-state index in [0.29, 0.717) is 0 Å². The van der Waals surface area contributed by atoms with Crippen LogP contribution in [0.5, 0.6) is 0 Å². The molecule has 0 saturated carbocycles. The third-order valence-corrected chi connectivity index (χ3v) is 5.61. The van der Waals surface area contributed by atoms with Gasteiger partial charge in [0, 0.05) is 32.8 Å². The average molecular weight is 379 g/mol. The monoisotopic (exact) mass is 378 g/mol. The molecule has 0 spiro atoms. The second kappa shape index (κ2) is 8.05. The van der Waals surface area contributed by atoms with E-state index in [2.05, 4.69) is 53.6 Å². The van der Waals surface area contributed by atoms with Crippen LogP contribution in [-0.4, -0.2) is 54.9 Å². The van der Waals surface area contributed by atoms with Gasteiger partial charge >= 0.3 is 0 Å². The van der Waals surface area contributed by atoms with Crippen molar-refractivity contribution in [3.8, 4) is 0 Å². The number of benzene rings is 1. The standard InChI is InChI=1S/C19H26N4O2.ClH/c1-14-3-5-15(6-4-14)19(7-11-24-12-8-19)18-21-17(22-25-18)16-13-20-9-10-23(16)2;/h3-6,16,20H,7-13H2,1-2H3;1H. The van der Waals surface area contributed by atoms with Crippen molar-refractivity contribution >= 4 is 12.4 Å². The van der Waals surface area contributed by atoms with Crippen LogP contribution in [0.3, 0.4) is 0 Å². The summed E-state index contributed by atoms with van der Waals surface area (Å²) in [6.45, 7) is 6.40. The smallest absolute Gasteiger partial charge is 0.237 e. The third-order valence-electron chi connectivity index (χ3n) is 5.61. The normalized spacial score (nSPS) is 23.4. The second-order valence-corrected chi connectivity index (χ2v) is 7.22. The minimum absolute atomic E-state index is 0. The molecule has 0 radical (unpaired) electrons. The van der Waals surface area contributed by atoms with Gasteiger partial charge in [-0.2, -0.15) is 4.98 Å². The fourth-order valence-corrected chi connectivity index (χ4v) is 3.88. The van der Waals surface area contributed by atoms with Crippen molar-refractivity contribution in [3.63, 3.8) is 0 Å². The van der Waals surface area contributed by atoms with Crippen molar-refractivity contribution in [2.24, 2.45) is 0 Å². The number of nitrogens with zero attached hydrogens (tertiary/aromatic N) is 3. The molecule has 2 aliphatic rings. The van der Waals surface area contributed by atoms with E-state index in [1.165, 1.54) is 11.1 Å². The molecule has 142 valence electrons. The van der Waals surface area contributed by atoms with E-state index in [-0.39, 0.29) is 23.9 Å². The van der Waals surface area contributed by atoms with E-state index < -0.39 is 0 Å². The number of likely N-dealkylation sites (N-methyl/N-ethyl adjacent to an activating group) is 1. The van der Waals surface area contributed by atoms with Crippen molar-refractivity contribution in [2.45, 2.75) is 31.2 Å². The van der Waals surface area contributed by atoms with Crippen LogP contribution in [0.1, 0.15) is 41.7 Å². The van der Waals surface area contributed by atoms with Crippen molar-refractivity contribution in [3.05, 3.63) is 47.1 Å². The maximum Gasteiger partial charge on any atom is 0.237 e. The van der Waals surface area contributed by atoms with Gasteiger partial charge in [0.15, 0.2) is 5.82 Å². The van der Waals surface area contributed by atoms with Gasteiger partial charge in [-0.25, -0.2) is 0 Å². The molecular formula is C19H27ClN4O2. The Kier molecular flexibility index (Phi) is 5.97. The molecule has 1 atom stereocenters. The highest BCUT2D eigenvalue weighted by Crippen LogP contribution is 2.40. The van der Waals surface area contributed by atoms with Gasteiger partial charge in [-0.05, 0) is 32.4 Å². The minimum Gasteiger partial charge on any atom is -0.381 e. The van der Waals surface area contributed by atoms with Crippen molar-refractivity contribution in [1.82, 2.24) is 20.4 Å². The third kappa shape index (κ3) is 3.51. The van der Waals surface area contributed by atoms with Crippen LogP contribution >= 0.6 is 12.4 Å². The minimum atomic E-state index is -0.238. The van der Waals surface area contributed by atoms with E-state index in [9.17, 15) is 0 Å². The topological polar surface area (TPSA) is 63.4 Å². The molecule has 1 aromatic heterocycles. The summed E-state index contributed by atoms with van der Waals surface area (Å²) in [5.41, 5.74) is 2.26. The zero-order valence-corrected chi connectivity index (χ0v) is 16.2. The molecule has 1 unspecified atom stereocenters. The van der Waals surface area contributed by atoms with Crippen LogP contribution in [-0.2, 0) is 10.2 Å². The Morgan fingerprint density at radius 2 is 1.92 bits per heavy atom. The molecule has 0 amide bonds. The molecule has 3 heterocycles. The second-order valence-electron chi connectivity index (χ2n) is 7.22. The number of rotatable bonds is 3. The summed E-state index contributed by atoms with van der Waals surface area (Å²) in [6.07, 6.45) is 1.74. The van der Waals surface area contributed by atoms with Gasteiger partial charge in [0.25, 0.3) is 0 Å². The summed E-state index contributed by atoms with van der Waals surface area (Å²) >= 11 is 0. The molecule has 2 fully saturated rings. The van der Waals surface area contributed by atoms with Gasteiger partial charge in [0.05, 0.1) is 11.5 Å². The Hall–Kier alpha value is -1.47. The summed E-state index contributed by atoms with van der Waals surface area (Å²) in [7, 11) is 2.12. The van der Waals surface area contributed by atoms with Crippen LogP contribution in [0.2, 0.25) is 0 Å². The highest BCUT2D eigenvalue weighted by Gasteiger charge is 2.42. The van der Waals surface area contributed by atoms with Crippen molar-refractivity contribution in [2.75, 3.05) is 39.9 Å². The average Bonchev–Trinajstić information content (AvgIpc) is 3.14. The lowest BCUT2D eigenvalue weighted by Crippen LogP contribution is -2.44. The predicted octanol–water partition coefficient (Wildman–Crippen LogP) is 2.47. The molecule has 2 saturated heterocycles. The molecular weight excluding hydrogens is 352 g/mol. The molecule has 1 N–H and O–H groups in total. The van der Waals surface area contributed by atoms with E-state index in [1.807, 2.05) is 0 Å². The van der Waals surface area contributed by atoms with Gasteiger partial charge in [-0.3, -0.25) is 4.90 Å². The van der Waals surface area contributed by atoms with Gasteiger partial charge in [-0.1, -0.05) is 35.0 Å². The lowest BCUT2D eigenvalue weighted by Gasteiger charge is -2.34. The summed E-state index contributed by atoms with van der Waals surface area (Å²) in [5.74, 6) is 1.51. The van der Waals surface area contributed by atoms with Crippen LogP contribution < -0.4 is 5.32 Å². The maximum absolute atomic E-state index is 5.82. The Morgan fingerprint density at radius 1 is 1.19 bits per heavy atom. The van der Waals surface area contributed by atoms with E-state index in [4.69, 9.17) is 14.2 Å². The molecule has 0 aliphatic carbocycles. The SMILES string of the molecule is Cc1ccc(C2(c3nc(C4CNCCN4C)no3)CCOCC2)cc1.Cl. The Bertz CT molecular complexity index is 713. The first-order valence-corrected chi connectivity index (χ1v) is 9.09. The molecule has 7 heteroatoms. The van der Waals surface area contributed by atoms with Crippen LogP contribution in [0.4, 0.5) is 0 Å². The van der Waals surface area contributed by atoms with Crippen molar-refractivity contribution < 1.29 is 9.26 Å². The molecule has 1 aromatic carbocycles. The van der Waals surface area contributed by atoms with E-state index in [1.54, 1.807) is 0 Å². The number of hydrogen-bond acceptors (Lipinski definition) is 6. The fourth-order valence-electron chi connectivity index (χ4n) is 3.88. The first kappa shape index (κ1) is 19.3. The summed E-state index contributed by atoms with van der Waals surface area (Å²) in [5, 5.41) is 7.76. The number of hydrogen-bond donors (Lipinski definition) is 1. The van der Waals surface area contributed by atoms with Gasteiger partial charge in [0.1, 0.15) is 0 Å². The molecule has 4 rings (SSSR count). The Labute approximate surface area is 160 Å². The first-order chi connectivity index (χ1) is 12.2. The lowest BCUT2D eigenvalue weighted by molar-refractivity contribution is 0.0523. The van der Waals surface area contributed by atoms with Gasteiger partial charge in [0.2, 0.25) is 5.89 Å². The van der Waals surface area contributed by atoms with E-state index in [0.717, 1.165) is 57.4 Å². The summed E-state index contributed by atoms with van der Waals surface area (Å²) in [4.78, 5) is 7.15. The molecule has 2 aliphatic heterocycles. The summed E-state index contributed by atoms with van der Waals surface area (Å²) in [6, 6.07) is 8.87. The van der Waals surface area contributed by atoms with Crippen LogP contribution in [0.25, 0.3) is 0 Å². The van der Waals surface area contributed by atoms with Crippen LogP contribution in [0, 0.1) is 6.92 Å². The predicted molar refractivity (Wildman–Crippen MR) is 102 cm³/mol. The van der Waals surface area contributed by atoms with Crippen LogP contribution in [0.15, 0.2) is 28.8 Å². The Balaban J connectivity index is 0.00000196. The van der Waals surface area contributed by atoms with Crippen molar-refractivity contribution in [1.29, 1.82) is 0 Å². The zero-order valence-electron chi connectivity index (χ0n) is 15.4. The number of nitrogens with one attached hydrogen (secondary N) is 1. The maximum atomic E-state index is 5.82. The molecule has 0 bridgehead atoms. The first-order valence-electron chi connectivity index (χ1n) is 9.09.